The summed E-state index contributed by atoms with van der Waals surface area (Å²) in [6.07, 6.45) is 1.36. The first-order valence-electron chi connectivity index (χ1n) is 6.49. The molecule has 1 heterocycles. The Hall–Kier alpha value is -1.92. The monoisotopic (exact) mass is 267 g/mol. The average molecular weight is 267 g/mol. The zero-order valence-corrected chi connectivity index (χ0v) is 11.9. The van der Waals surface area contributed by atoms with Crippen LogP contribution in [0, 0.1) is 16.0 Å². The van der Waals surface area contributed by atoms with Crippen LogP contribution in [0.5, 0.6) is 0 Å². The van der Waals surface area contributed by atoms with Crippen molar-refractivity contribution >= 4 is 17.3 Å². The van der Waals surface area contributed by atoms with Crippen LogP contribution >= 0.6 is 0 Å². The second kappa shape index (κ2) is 6.86. The Labute approximate surface area is 113 Å². The molecule has 106 valence electrons. The summed E-state index contributed by atoms with van der Waals surface area (Å²) in [7, 11) is 0. The summed E-state index contributed by atoms with van der Waals surface area (Å²) in [6.45, 7) is 9.94. The van der Waals surface area contributed by atoms with Gasteiger partial charge in [-0.3, -0.25) is 10.1 Å². The smallest absolute Gasteiger partial charge is 0.353 e. The van der Waals surface area contributed by atoms with E-state index < -0.39 is 4.92 Å². The van der Waals surface area contributed by atoms with E-state index in [0.717, 1.165) is 6.54 Å². The summed E-state index contributed by atoms with van der Waals surface area (Å²) >= 11 is 0. The van der Waals surface area contributed by atoms with Gasteiger partial charge in [-0.05, 0) is 19.8 Å². The van der Waals surface area contributed by atoms with Crippen molar-refractivity contribution in [3.63, 3.8) is 0 Å². The minimum Gasteiger partial charge on any atom is -0.364 e. The van der Waals surface area contributed by atoms with Crippen LogP contribution < -0.4 is 10.2 Å². The van der Waals surface area contributed by atoms with Crippen LogP contribution in [0.3, 0.4) is 0 Å². The van der Waals surface area contributed by atoms with Crippen molar-refractivity contribution in [2.75, 3.05) is 29.9 Å². The van der Waals surface area contributed by atoms with Crippen LogP contribution in [-0.2, 0) is 0 Å². The van der Waals surface area contributed by atoms with Gasteiger partial charge in [0.1, 0.15) is 6.33 Å². The van der Waals surface area contributed by atoms with E-state index in [1.807, 2.05) is 18.7 Å². The quantitative estimate of drug-likeness (QED) is 0.602. The lowest BCUT2D eigenvalue weighted by molar-refractivity contribution is -0.383. The normalized spacial score (nSPS) is 10.6. The number of hydrogen-bond donors (Lipinski definition) is 1. The van der Waals surface area contributed by atoms with Crippen molar-refractivity contribution in [2.45, 2.75) is 27.7 Å². The summed E-state index contributed by atoms with van der Waals surface area (Å²) in [5.74, 6) is 1.06. The molecule has 1 rings (SSSR count). The number of nitrogens with zero attached hydrogens (tertiary/aromatic N) is 4. The molecule has 0 spiro atoms. The zero-order chi connectivity index (χ0) is 14.4. The number of aromatic nitrogens is 2. The molecule has 0 radical (unpaired) electrons. The molecule has 0 atom stereocenters. The Bertz CT molecular complexity index is 436. The van der Waals surface area contributed by atoms with Gasteiger partial charge in [-0.2, -0.15) is 0 Å². The predicted molar refractivity (Wildman–Crippen MR) is 75.6 cm³/mol. The van der Waals surface area contributed by atoms with Gasteiger partial charge in [0.25, 0.3) is 0 Å². The molecule has 1 aromatic rings. The van der Waals surface area contributed by atoms with Crippen LogP contribution in [0.1, 0.15) is 27.7 Å². The van der Waals surface area contributed by atoms with Crippen LogP contribution in [0.25, 0.3) is 0 Å². The van der Waals surface area contributed by atoms with Crippen molar-refractivity contribution in [1.82, 2.24) is 9.97 Å². The fourth-order valence-electron chi connectivity index (χ4n) is 1.87. The van der Waals surface area contributed by atoms with Crippen molar-refractivity contribution in [1.29, 1.82) is 0 Å². The van der Waals surface area contributed by atoms with E-state index in [1.165, 1.54) is 6.33 Å². The first-order chi connectivity index (χ1) is 9.01. The Morgan fingerprint density at radius 1 is 1.42 bits per heavy atom. The number of nitro groups is 1. The Morgan fingerprint density at radius 2 is 2.11 bits per heavy atom. The minimum atomic E-state index is -0.420. The highest BCUT2D eigenvalue weighted by atomic mass is 16.6. The largest absolute Gasteiger partial charge is 0.364 e. The fourth-order valence-corrected chi connectivity index (χ4v) is 1.87. The predicted octanol–water partition coefficient (Wildman–Crippen LogP) is 2.30. The molecule has 7 heteroatoms. The Kier molecular flexibility index (Phi) is 5.47. The molecule has 0 aromatic carbocycles. The van der Waals surface area contributed by atoms with E-state index in [2.05, 4.69) is 29.1 Å². The number of rotatable bonds is 7. The molecule has 19 heavy (non-hydrogen) atoms. The lowest BCUT2D eigenvalue weighted by Crippen LogP contribution is -2.29. The van der Waals surface area contributed by atoms with Crippen LogP contribution in [0.15, 0.2) is 6.33 Å². The van der Waals surface area contributed by atoms with E-state index in [4.69, 9.17) is 0 Å². The van der Waals surface area contributed by atoms with Gasteiger partial charge in [-0.1, -0.05) is 13.8 Å². The maximum atomic E-state index is 11.3. The standard InChI is InChI=1S/C12H21N5O2/c1-5-13-11-10(17(18)19)12(15-8-14-11)16(6-2)7-9(3)4/h8-9H,5-7H2,1-4H3,(H,13,14,15). The van der Waals surface area contributed by atoms with Gasteiger partial charge in [0.2, 0.25) is 11.6 Å². The number of anilines is 2. The maximum Gasteiger partial charge on any atom is 0.353 e. The molecule has 1 aromatic heterocycles. The first-order valence-corrected chi connectivity index (χ1v) is 6.49. The van der Waals surface area contributed by atoms with Crippen molar-refractivity contribution in [3.8, 4) is 0 Å². The van der Waals surface area contributed by atoms with E-state index in [-0.39, 0.29) is 11.5 Å². The molecule has 0 saturated heterocycles. The third-order valence-electron chi connectivity index (χ3n) is 2.60. The van der Waals surface area contributed by atoms with E-state index >= 15 is 0 Å². The molecule has 0 fully saturated rings. The molecule has 0 aliphatic rings. The van der Waals surface area contributed by atoms with Gasteiger partial charge >= 0.3 is 5.69 Å². The van der Waals surface area contributed by atoms with Gasteiger partial charge in [-0.15, -0.1) is 0 Å². The van der Waals surface area contributed by atoms with E-state index in [9.17, 15) is 10.1 Å². The van der Waals surface area contributed by atoms with Gasteiger partial charge in [0.15, 0.2) is 0 Å². The average Bonchev–Trinajstić information content (AvgIpc) is 2.35. The topological polar surface area (TPSA) is 84.2 Å². The molecule has 7 nitrogen and oxygen atoms in total. The molecule has 0 aliphatic heterocycles. The van der Waals surface area contributed by atoms with Gasteiger partial charge in [0, 0.05) is 19.6 Å². The van der Waals surface area contributed by atoms with Gasteiger partial charge < -0.3 is 10.2 Å². The second-order valence-corrected chi connectivity index (χ2v) is 4.61. The van der Waals surface area contributed by atoms with Crippen molar-refractivity contribution in [3.05, 3.63) is 16.4 Å². The summed E-state index contributed by atoms with van der Waals surface area (Å²) in [6, 6.07) is 0. The lowest BCUT2D eigenvalue weighted by atomic mass is 10.2. The van der Waals surface area contributed by atoms with Crippen molar-refractivity contribution in [2.24, 2.45) is 5.92 Å². The highest BCUT2D eigenvalue weighted by Crippen LogP contribution is 2.31. The summed E-state index contributed by atoms with van der Waals surface area (Å²) in [5, 5.41) is 14.2. The second-order valence-electron chi connectivity index (χ2n) is 4.61. The van der Waals surface area contributed by atoms with E-state index in [0.29, 0.717) is 24.8 Å². The van der Waals surface area contributed by atoms with Crippen molar-refractivity contribution < 1.29 is 4.92 Å². The Balaban J connectivity index is 3.24. The SMILES string of the molecule is CCNc1ncnc(N(CC)CC(C)C)c1[N+](=O)[O-]. The molecular weight excluding hydrogens is 246 g/mol. The highest BCUT2D eigenvalue weighted by Gasteiger charge is 2.26. The third kappa shape index (κ3) is 3.77. The fraction of sp³-hybridized carbons (Fsp3) is 0.667. The molecule has 0 aliphatic carbocycles. The summed E-state index contributed by atoms with van der Waals surface area (Å²) < 4.78 is 0. The van der Waals surface area contributed by atoms with Crippen LogP contribution in [-0.4, -0.2) is 34.5 Å². The van der Waals surface area contributed by atoms with Crippen LogP contribution in [0.4, 0.5) is 17.3 Å². The molecule has 0 unspecified atom stereocenters. The molecule has 0 amide bonds. The van der Waals surface area contributed by atoms with E-state index in [1.54, 1.807) is 0 Å². The summed E-state index contributed by atoms with van der Waals surface area (Å²) in [5.41, 5.74) is -0.0492. The summed E-state index contributed by atoms with van der Waals surface area (Å²) in [4.78, 5) is 20.8. The molecule has 0 bridgehead atoms. The molecule has 0 saturated carbocycles. The minimum absolute atomic E-state index is 0.0492. The Morgan fingerprint density at radius 3 is 2.58 bits per heavy atom. The molecule has 1 N–H and O–H groups in total. The van der Waals surface area contributed by atoms with Gasteiger partial charge in [-0.25, -0.2) is 9.97 Å². The number of nitrogens with one attached hydrogen (secondary N) is 1. The highest BCUT2D eigenvalue weighted by molar-refractivity contribution is 5.70. The van der Waals surface area contributed by atoms with Gasteiger partial charge in [0.05, 0.1) is 4.92 Å². The number of hydrogen-bond acceptors (Lipinski definition) is 6. The lowest BCUT2D eigenvalue weighted by Gasteiger charge is -2.23. The maximum absolute atomic E-state index is 11.3. The molecular formula is C12H21N5O2. The third-order valence-corrected chi connectivity index (χ3v) is 2.60. The zero-order valence-electron chi connectivity index (χ0n) is 11.9. The van der Waals surface area contributed by atoms with Crippen LogP contribution in [0.2, 0.25) is 0 Å². The first kappa shape index (κ1) is 15.1.